The van der Waals surface area contributed by atoms with Gasteiger partial charge in [0, 0.05) is 11.9 Å². The van der Waals surface area contributed by atoms with E-state index in [9.17, 15) is 4.79 Å². The highest BCUT2D eigenvalue weighted by Crippen LogP contribution is 2.26. The van der Waals surface area contributed by atoms with E-state index >= 15 is 0 Å². The van der Waals surface area contributed by atoms with Gasteiger partial charge in [-0.05, 0) is 37.4 Å². The molecule has 0 saturated carbocycles. The standard InChI is InChI=1S/C21H25N3O3S/c1-3-24(4-2)11-13-27-18-9-6-5-8-17(18)23-20(25)14-16-15-28-21(22-16)19-10-7-12-26-19/h5-10,12,15H,3-4,11,13-14H2,1-2H3,(H,23,25). The van der Waals surface area contributed by atoms with Crippen LogP contribution in [0.15, 0.2) is 52.5 Å². The minimum absolute atomic E-state index is 0.129. The summed E-state index contributed by atoms with van der Waals surface area (Å²) in [5.41, 5.74) is 1.39. The molecule has 0 radical (unpaired) electrons. The summed E-state index contributed by atoms with van der Waals surface area (Å²) in [5.74, 6) is 1.26. The molecule has 0 aliphatic carbocycles. The predicted octanol–water partition coefficient (Wildman–Crippen LogP) is 4.30. The van der Waals surface area contributed by atoms with Crippen LogP contribution in [-0.4, -0.2) is 42.0 Å². The molecule has 2 heterocycles. The lowest BCUT2D eigenvalue weighted by atomic mass is 10.2. The van der Waals surface area contributed by atoms with Crippen molar-refractivity contribution < 1.29 is 13.9 Å². The third-order valence-corrected chi connectivity index (χ3v) is 5.25. The van der Waals surface area contributed by atoms with Crippen molar-refractivity contribution in [1.29, 1.82) is 0 Å². The highest BCUT2D eigenvalue weighted by atomic mass is 32.1. The van der Waals surface area contributed by atoms with Crippen LogP contribution in [0, 0.1) is 0 Å². The topological polar surface area (TPSA) is 67.6 Å². The number of para-hydroxylation sites is 2. The average Bonchev–Trinajstić information content (AvgIpc) is 3.38. The number of amides is 1. The zero-order chi connectivity index (χ0) is 19.8. The number of hydrogen-bond acceptors (Lipinski definition) is 6. The summed E-state index contributed by atoms with van der Waals surface area (Å²) in [6, 6.07) is 11.2. The van der Waals surface area contributed by atoms with E-state index in [4.69, 9.17) is 9.15 Å². The first-order chi connectivity index (χ1) is 13.7. The van der Waals surface area contributed by atoms with Crippen LogP contribution >= 0.6 is 11.3 Å². The minimum Gasteiger partial charge on any atom is -0.490 e. The fourth-order valence-corrected chi connectivity index (χ4v) is 3.57. The molecular weight excluding hydrogens is 374 g/mol. The molecule has 0 bridgehead atoms. The molecule has 0 aliphatic heterocycles. The Morgan fingerprint density at radius 2 is 2.04 bits per heavy atom. The molecule has 1 aromatic carbocycles. The van der Waals surface area contributed by atoms with Gasteiger partial charge >= 0.3 is 0 Å². The molecule has 148 valence electrons. The summed E-state index contributed by atoms with van der Waals surface area (Å²) < 4.78 is 11.2. The van der Waals surface area contributed by atoms with Crippen molar-refractivity contribution in [3.8, 4) is 16.5 Å². The molecule has 1 N–H and O–H groups in total. The smallest absolute Gasteiger partial charge is 0.230 e. The normalized spacial score (nSPS) is 11.0. The molecule has 0 aliphatic rings. The summed E-state index contributed by atoms with van der Waals surface area (Å²) in [4.78, 5) is 19.2. The number of benzene rings is 1. The van der Waals surface area contributed by atoms with Gasteiger partial charge in [-0.25, -0.2) is 4.98 Å². The van der Waals surface area contributed by atoms with Gasteiger partial charge in [0.15, 0.2) is 10.8 Å². The van der Waals surface area contributed by atoms with Gasteiger partial charge in [-0.2, -0.15) is 0 Å². The molecule has 0 saturated heterocycles. The van der Waals surface area contributed by atoms with Crippen LogP contribution in [0.5, 0.6) is 5.75 Å². The molecule has 3 rings (SSSR count). The number of likely N-dealkylation sites (N-methyl/N-ethyl adjacent to an activating group) is 1. The van der Waals surface area contributed by atoms with E-state index in [2.05, 4.69) is 29.0 Å². The summed E-state index contributed by atoms with van der Waals surface area (Å²) in [5, 5.41) is 5.58. The van der Waals surface area contributed by atoms with Crippen LogP contribution in [-0.2, 0) is 11.2 Å². The molecule has 2 aromatic heterocycles. The molecule has 6 nitrogen and oxygen atoms in total. The first-order valence-electron chi connectivity index (χ1n) is 9.42. The highest BCUT2D eigenvalue weighted by Gasteiger charge is 2.12. The Bertz CT molecular complexity index is 873. The average molecular weight is 400 g/mol. The minimum atomic E-state index is -0.129. The number of nitrogens with one attached hydrogen (secondary N) is 1. The number of furan rings is 1. The van der Waals surface area contributed by atoms with Gasteiger partial charge in [-0.3, -0.25) is 4.79 Å². The van der Waals surface area contributed by atoms with Crippen molar-refractivity contribution in [3.05, 3.63) is 53.7 Å². The maximum atomic E-state index is 12.5. The van der Waals surface area contributed by atoms with E-state index in [1.54, 1.807) is 6.26 Å². The van der Waals surface area contributed by atoms with E-state index in [0.29, 0.717) is 29.5 Å². The Balaban J connectivity index is 1.57. The SMILES string of the molecule is CCN(CC)CCOc1ccccc1NC(=O)Cc1csc(-c2ccco2)n1. The Hall–Kier alpha value is -2.64. The third kappa shape index (κ3) is 5.43. The second-order valence-electron chi connectivity index (χ2n) is 6.22. The molecule has 7 heteroatoms. The Kier molecular flexibility index (Phi) is 7.22. The van der Waals surface area contributed by atoms with Crippen LogP contribution in [0.2, 0.25) is 0 Å². The molecule has 0 spiro atoms. The molecule has 0 atom stereocenters. The number of carbonyl (C=O) groups is 1. The monoisotopic (exact) mass is 399 g/mol. The number of aromatic nitrogens is 1. The number of ether oxygens (including phenoxy) is 1. The van der Waals surface area contributed by atoms with Gasteiger partial charge in [0.25, 0.3) is 0 Å². The van der Waals surface area contributed by atoms with E-state index in [0.717, 1.165) is 24.6 Å². The van der Waals surface area contributed by atoms with Crippen molar-refractivity contribution in [3.63, 3.8) is 0 Å². The first kappa shape index (κ1) is 20.1. The van der Waals surface area contributed by atoms with E-state index in [1.165, 1.54) is 11.3 Å². The summed E-state index contributed by atoms with van der Waals surface area (Å²) in [6.07, 6.45) is 1.81. The van der Waals surface area contributed by atoms with Crippen LogP contribution in [0.25, 0.3) is 10.8 Å². The van der Waals surface area contributed by atoms with Gasteiger partial charge in [0.05, 0.1) is 24.1 Å². The van der Waals surface area contributed by atoms with Gasteiger partial charge in [-0.1, -0.05) is 26.0 Å². The van der Waals surface area contributed by atoms with Crippen LogP contribution < -0.4 is 10.1 Å². The third-order valence-electron chi connectivity index (χ3n) is 4.35. The largest absolute Gasteiger partial charge is 0.490 e. The summed E-state index contributed by atoms with van der Waals surface area (Å²) >= 11 is 1.46. The van der Waals surface area contributed by atoms with Crippen LogP contribution in [0.4, 0.5) is 5.69 Å². The lowest BCUT2D eigenvalue weighted by Crippen LogP contribution is -2.28. The van der Waals surface area contributed by atoms with Crippen LogP contribution in [0.1, 0.15) is 19.5 Å². The van der Waals surface area contributed by atoms with Gasteiger partial charge in [0.1, 0.15) is 12.4 Å². The Labute approximate surface area is 169 Å². The van der Waals surface area contributed by atoms with Crippen molar-refractivity contribution in [1.82, 2.24) is 9.88 Å². The maximum absolute atomic E-state index is 12.5. The van der Waals surface area contributed by atoms with E-state index in [1.807, 2.05) is 41.8 Å². The molecule has 3 aromatic rings. The van der Waals surface area contributed by atoms with Crippen molar-refractivity contribution in [2.75, 3.05) is 31.6 Å². The fraction of sp³-hybridized carbons (Fsp3) is 0.333. The van der Waals surface area contributed by atoms with Gasteiger partial charge in [0.2, 0.25) is 5.91 Å². The lowest BCUT2D eigenvalue weighted by Gasteiger charge is -2.19. The Morgan fingerprint density at radius 1 is 1.21 bits per heavy atom. The van der Waals surface area contributed by atoms with Crippen molar-refractivity contribution in [2.24, 2.45) is 0 Å². The zero-order valence-corrected chi connectivity index (χ0v) is 17.0. The van der Waals surface area contributed by atoms with Crippen LogP contribution in [0.3, 0.4) is 0 Å². The summed E-state index contributed by atoms with van der Waals surface area (Å²) in [6.45, 7) is 7.68. The maximum Gasteiger partial charge on any atom is 0.230 e. The second kappa shape index (κ2) is 10.1. The van der Waals surface area contributed by atoms with Gasteiger partial charge < -0.3 is 19.4 Å². The van der Waals surface area contributed by atoms with Crippen molar-refractivity contribution in [2.45, 2.75) is 20.3 Å². The molecular formula is C21H25N3O3S. The number of nitrogens with zero attached hydrogens (tertiary/aromatic N) is 2. The second-order valence-corrected chi connectivity index (χ2v) is 7.08. The highest BCUT2D eigenvalue weighted by molar-refractivity contribution is 7.13. The first-order valence-corrected chi connectivity index (χ1v) is 10.3. The number of hydrogen-bond donors (Lipinski definition) is 1. The Morgan fingerprint density at radius 3 is 2.79 bits per heavy atom. The number of anilines is 1. The van der Waals surface area contributed by atoms with E-state index < -0.39 is 0 Å². The number of carbonyl (C=O) groups excluding carboxylic acids is 1. The summed E-state index contributed by atoms with van der Waals surface area (Å²) in [7, 11) is 0. The molecule has 1 amide bonds. The van der Waals surface area contributed by atoms with E-state index in [-0.39, 0.29) is 12.3 Å². The number of thiazole rings is 1. The zero-order valence-electron chi connectivity index (χ0n) is 16.2. The molecule has 28 heavy (non-hydrogen) atoms. The predicted molar refractivity (Wildman–Crippen MR) is 112 cm³/mol. The quantitative estimate of drug-likeness (QED) is 0.550. The lowest BCUT2D eigenvalue weighted by molar-refractivity contribution is -0.115. The van der Waals surface area contributed by atoms with Crippen molar-refractivity contribution >= 4 is 22.9 Å². The fourth-order valence-electron chi connectivity index (χ4n) is 2.78. The van der Waals surface area contributed by atoms with Gasteiger partial charge in [-0.15, -0.1) is 11.3 Å². The molecule has 0 fully saturated rings. The number of rotatable bonds is 10. The molecule has 0 unspecified atom stereocenters.